The van der Waals surface area contributed by atoms with Gasteiger partial charge in [0.1, 0.15) is 11.8 Å². The average Bonchev–Trinajstić information content (AvgIpc) is 3.26. The van der Waals surface area contributed by atoms with Crippen LogP contribution < -0.4 is 0 Å². The SMILES string of the molecule is CC.CC.CCC(F)/C1=C\C#CC=C(c2c[nH]c3ncc(-c4ccc(O)c(O)c4)cc23)C=C1. The summed E-state index contributed by atoms with van der Waals surface area (Å²) < 4.78 is 14.1. The van der Waals surface area contributed by atoms with Crippen LogP contribution in [0.3, 0.4) is 0 Å². The third-order valence-electron chi connectivity index (χ3n) is 4.88. The van der Waals surface area contributed by atoms with Crippen molar-refractivity contribution in [2.45, 2.75) is 47.2 Å². The van der Waals surface area contributed by atoms with E-state index < -0.39 is 6.17 Å². The fraction of sp³-hybridized carbons (Fsp3) is 0.250. The number of nitrogens with zero attached hydrogens (tertiary/aromatic N) is 1. The predicted octanol–water partition coefficient (Wildman–Crippen LogP) is 7.32. The molecule has 1 aromatic carbocycles. The van der Waals surface area contributed by atoms with Crippen molar-refractivity contribution in [3.8, 4) is 34.5 Å². The molecule has 3 N–H and O–H groups in total. The Hall–Kier alpha value is -3.78. The van der Waals surface area contributed by atoms with E-state index >= 15 is 0 Å². The second-order valence-electron chi connectivity index (χ2n) is 6.77. The number of nitrogens with one attached hydrogen (secondary N) is 1. The lowest BCUT2D eigenvalue weighted by Gasteiger charge is -2.08. The number of halogens is 1. The largest absolute Gasteiger partial charge is 0.504 e. The van der Waals surface area contributed by atoms with Gasteiger partial charge in [0, 0.05) is 28.9 Å². The van der Waals surface area contributed by atoms with E-state index in [1.807, 2.05) is 46.0 Å². The highest BCUT2D eigenvalue weighted by Gasteiger charge is 2.12. The van der Waals surface area contributed by atoms with Crippen molar-refractivity contribution in [2.75, 3.05) is 0 Å². The first-order valence-corrected chi connectivity index (χ1v) is 11.3. The highest BCUT2D eigenvalue weighted by Crippen LogP contribution is 2.33. The molecule has 4 rings (SSSR count). The molecule has 1 unspecified atom stereocenters. The normalized spacial score (nSPS) is 14.6. The lowest BCUT2D eigenvalue weighted by atomic mass is 9.99. The predicted molar refractivity (Wildman–Crippen MR) is 136 cm³/mol. The van der Waals surface area contributed by atoms with E-state index in [-0.39, 0.29) is 11.5 Å². The lowest BCUT2D eigenvalue weighted by Crippen LogP contribution is -2.00. The molecule has 1 atom stereocenters. The Morgan fingerprint density at radius 3 is 2.39 bits per heavy atom. The molecule has 1 aliphatic rings. The van der Waals surface area contributed by atoms with Gasteiger partial charge >= 0.3 is 0 Å². The quantitative estimate of drug-likeness (QED) is 0.290. The molecule has 0 amide bonds. The van der Waals surface area contributed by atoms with E-state index in [1.54, 1.807) is 37.4 Å². The summed E-state index contributed by atoms with van der Waals surface area (Å²) in [6.45, 7) is 9.80. The van der Waals surface area contributed by atoms with Crippen molar-refractivity contribution in [3.05, 3.63) is 72.1 Å². The standard InChI is InChI=1S/C24H19FN2O2.2C2H6/c1-2-21(25)16-6-4-3-5-15(7-8-16)20-14-27-24-19(20)11-18(13-26-24)17-9-10-22(28)23(29)12-17;2*1-2/h5-14,21,28-29H,2H2,1H3,(H,26,27);2*1-2H3/b8-7?,15-5?,15-7?,16-6-,16-8?;;. The Labute approximate surface area is 195 Å². The molecule has 0 saturated heterocycles. The monoisotopic (exact) mass is 446 g/mol. The zero-order valence-corrected chi connectivity index (χ0v) is 19.8. The number of alkyl halides is 1. The Kier molecular flexibility index (Phi) is 9.50. The molecule has 0 spiro atoms. The fourth-order valence-corrected chi connectivity index (χ4v) is 3.23. The zero-order valence-electron chi connectivity index (χ0n) is 19.8. The number of H-pyrrole nitrogens is 1. The number of hydrogen-bond donors (Lipinski definition) is 3. The minimum absolute atomic E-state index is 0.171. The first-order chi connectivity index (χ1) is 16.1. The molecule has 33 heavy (non-hydrogen) atoms. The molecule has 2 heterocycles. The third kappa shape index (κ3) is 5.93. The molecule has 5 heteroatoms. The van der Waals surface area contributed by atoms with Gasteiger partial charge < -0.3 is 15.2 Å². The molecule has 4 nitrogen and oxygen atoms in total. The summed E-state index contributed by atoms with van der Waals surface area (Å²) in [5.74, 6) is 5.49. The molecular weight excluding hydrogens is 415 g/mol. The number of rotatable bonds is 4. The van der Waals surface area contributed by atoms with Gasteiger partial charge in [0.05, 0.1) is 0 Å². The van der Waals surface area contributed by atoms with Crippen molar-refractivity contribution < 1.29 is 14.6 Å². The Morgan fingerprint density at radius 1 is 0.970 bits per heavy atom. The first-order valence-electron chi connectivity index (χ1n) is 11.3. The van der Waals surface area contributed by atoms with Crippen molar-refractivity contribution >= 4 is 16.6 Å². The van der Waals surface area contributed by atoms with Gasteiger partial charge in [0.25, 0.3) is 0 Å². The number of aromatic nitrogens is 2. The van der Waals surface area contributed by atoms with Crippen LogP contribution in [-0.4, -0.2) is 26.4 Å². The van der Waals surface area contributed by atoms with Crippen LogP contribution >= 0.6 is 0 Å². The molecule has 1 aliphatic carbocycles. The number of phenolic OH excluding ortho intramolecular Hbond substituents is 2. The van der Waals surface area contributed by atoms with Crippen LogP contribution in [0.25, 0.3) is 27.7 Å². The molecule has 3 aromatic rings. The van der Waals surface area contributed by atoms with E-state index in [9.17, 15) is 14.6 Å². The molecule has 0 saturated carbocycles. The van der Waals surface area contributed by atoms with Gasteiger partial charge in [-0.05, 0) is 53.5 Å². The molecule has 172 valence electrons. The summed E-state index contributed by atoms with van der Waals surface area (Å²) in [5.41, 5.74) is 4.55. The van der Waals surface area contributed by atoms with E-state index in [2.05, 4.69) is 21.8 Å². The van der Waals surface area contributed by atoms with Gasteiger partial charge in [-0.2, -0.15) is 0 Å². The van der Waals surface area contributed by atoms with Crippen LogP contribution in [0.5, 0.6) is 11.5 Å². The number of fused-ring (bicyclic) bond motifs is 1. The minimum Gasteiger partial charge on any atom is -0.504 e. The molecule has 0 radical (unpaired) electrons. The summed E-state index contributed by atoms with van der Waals surface area (Å²) in [4.78, 5) is 7.62. The highest BCUT2D eigenvalue weighted by atomic mass is 19.1. The van der Waals surface area contributed by atoms with Gasteiger partial charge in [-0.3, -0.25) is 0 Å². The van der Waals surface area contributed by atoms with Crippen molar-refractivity contribution in [2.24, 2.45) is 0 Å². The van der Waals surface area contributed by atoms with Gasteiger partial charge in [0.15, 0.2) is 11.5 Å². The molecule has 0 bridgehead atoms. The van der Waals surface area contributed by atoms with Crippen molar-refractivity contribution in [1.82, 2.24) is 9.97 Å². The summed E-state index contributed by atoms with van der Waals surface area (Å²) in [7, 11) is 0. The lowest BCUT2D eigenvalue weighted by molar-refractivity contribution is 0.378. The van der Waals surface area contributed by atoms with E-state index in [4.69, 9.17) is 0 Å². The van der Waals surface area contributed by atoms with Crippen LogP contribution in [0.2, 0.25) is 0 Å². The molecule has 2 aromatic heterocycles. The smallest absolute Gasteiger partial charge is 0.158 e. The zero-order chi connectivity index (χ0) is 24.4. The Balaban J connectivity index is 0.000000914. The maximum absolute atomic E-state index is 14.1. The number of pyridine rings is 1. The van der Waals surface area contributed by atoms with Crippen LogP contribution in [0.1, 0.15) is 46.6 Å². The minimum atomic E-state index is -1.04. The van der Waals surface area contributed by atoms with Crippen LogP contribution in [0.15, 0.2) is 66.5 Å². The maximum Gasteiger partial charge on any atom is 0.158 e. The van der Waals surface area contributed by atoms with Crippen molar-refractivity contribution in [1.29, 1.82) is 0 Å². The first kappa shape index (κ1) is 25.5. The number of phenols is 2. The number of hydrogen-bond acceptors (Lipinski definition) is 3. The Morgan fingerprint density at radius 2 is 1.70 bits per heavy atom. The van der Waals surface area contributed by atoms with E-state index in [0.717, 1.165) is 27.6 Å². The van der Waals surface area contributed by atoms with Gasteiger partial charge in [0.2, 0.25) is 0 Å². The van der Waals surface area contributed by atoms with Crippen LogP contribution in [0.4, 0.5) is 4.39 Å². The van der Waals surface area contributed by atoms with Crippen LogP contribution in [-0.2, 0) is 0 Å². The number of allylic oxidation sites excluding steroid dienone is 6. The average molecular weight is 447 g/mol. The third-order valence-corrected chi connectivity index (χ3v) is 4.88. The molecular formula is C28H31FN2O2. The molecule has 0 fully saturated rings. The fourth-order valence-electron chi connectivity index (χ4n) is 3.23. The summed E-state index contributed by atoms with van der Waals surface area (Å²) in [5, 5.41) is 20.2. The van der Waals surface area contributed by atoms with Crippen molar-refractivity contribution in [3.63, 3.8) is 0 Å². The van der Waals surface area contributed by atoms with Gasteiger partial charge in [-0.25, -0.2) is 9.37 Å². The van der Waals surface area contributed by atoms with Crippen LogP contribution in [0, 0.1) is 11.8 Å². The van der Waals surface area contributed by atoms with E-state index in [1.165, 1.54) is 12.1 Å². The van der Waals surface area contributed by atoms with Gasteiger partial charge in [-0.15, -0.1) is 0 Å². The summed E-state index contributed by atoms with van der Waals surface area (Å²) in [6, 6.07) is 6.61. The summed E-state index contributed by atoms with van der Waals surface area (Å²) >= 11 is 0. The number of aromatic hydroxyl groups is 2. The van der Waals surface area contributed by atoms with Gasteiger partial charge in [-0.1, -0.05) is 64.7 Å². The Bertz CT molecular complexity index is 1240. The summed E-state index contributed by atoms with van der Waals surface area (Å²) in [6.07, 6.45) is 9.95. The van der Waals surface area contributed by atoms with E-state index in [0.29, 0.717) is 17.6 Å². The molecule has 0 aliphatic heterocycles. The number of benzene rings is 1. The second kappa shape index (κ2) is 12.3. The highest BCUT2D eigenvalue weighted by molar-refractivity contribution is 5.96. The topological polar surface area (TPSA) is 69.1 Å². The second-order valence-corrected chi connectivity index (χ2v) is 6.77. The number of aromatic amines is 1. The maximum atomic E-state index is 14.1.